The first kappa shape index (κ1) is 11.4. The van der Waals surface area contributed by atoms with E-state index in [4.69, 9.17) is 10.1 Å². The first-order chi connectivity index (χ1) is 8.40. The molecule has 0 aliphatic rings. The van der Waals surface area contributed by atoms with Crippen LogP contribution in [0.4, 0.5) is 0 Å². The van der Waals surface area contributed by atoms with E-state index in [-0.39, 0.29) is 0 Å². The van der Waals surface area contributed by atoms with Gasteiger partial charge in [0.1, 0.15) is 6.61 Å². The fourth-order valence-corrected chi connectivity index (χ4v) is 1.89. The molecule has 0 fully saturated rings. The molecule has 17 heavy (non-hydrogen) atoms. The molecule has 0 atom stereocenters. The normalized spacial score (nSPS) is 10.3. The van der Waals surface area contributed by atoms with Gasteiger partial charge in [-0.3, -0.25) is 0 Å². The van der Waals surface area contributed by atoms with Crippen LogP contribution >= 0.6 is 11.3 Å². The number of nitrogens with zero attached hydrogens (tertiary/aromatic N) is 2. The third-order valence-electron chi connectivity index (χ3n) is 2.16. The minimum Gasteiger partial charge on any atom is -0.391 e. The Bertz CT molecular complexity index is 541. The smallest absolute Gasteiger partial charge is 0.143 e. The number of thiophene rings is 1. The summed E-state index contributed by atoms with van der Waals surface area (Å²) in [5.41, 5.74) is 1.47. The SMILES string of the molecule is N#Cc1ccccc1CO/N=C/c1cccs1. The van der Waals surface area contributed by atoms with E-state index in [9.17, 15) is 0 Å². The van der Waals surface area contributed by atoms with Crippen molar-refractivity contribution in [1.29, 1.82) is 5.26 Å². The summed E-state index contributed by atoms with van der Waals surface area (Å²) >= 11 is 1.60. The molecule has 0 saturated carbocycles. The Hall–Kier alpha value is -2.12. The number of rotatable bonds is 4. The standard InChI is InChI=1S/C13H10N2OS/c14-8-11-4-1-2-5-12(11)10-16-15-9-13-6-3-7-17-13/h1-7,9H,10H2/b15-9+. The van der Waals surface area contributed by atoms with Crippen LogP contribution in [-0.2, 0) is 11.4 Å². The second-order valence-corrected chi connectivity index (χ2v) is 4.27. The maximum absolute atomic E-state index is 8.88. The van der Waals surface area contributed by atoms with Gasteiger partial charge in [0.25, 0.3) is 0 Å². The van der Waals surface area contributed by atoms with E-state index in [0.29, 0.717) is 12.2 Å². The van der Waals surface area contributed by atoms with Crippen molar-refractivity contribution in [3.05, 3.63) is 57.8 Å². The lowest BCUT2D eigenvalue weighted by atomic mass is 10.1. The third kappa shape index (κ3) is 3.16. The Kier molecular flexibility index (Phi) is 3.90. The zero-order chi connectivity index (χ0) is 11.9. The molecule has 1 heterocycles. The van der Waals surface area contributed by atoms with E-state index in [2.05, 4.69) is 11.2 Å². The van der Waals surface area contributed by atoms with Gasteiger partial charge in [-0.15, -0.1) is 11.3 Å². The monoisotopic (exact) mass is 242 g/mol. The minimum absolute atomic E-state index is 0.311. The van der Waals surface area contributed by atoms with Crippen molar-refractivity contribution >= 4 is 17.6 Å². The van der Waals surface area contributed by atoms with E-state index in [1.807, 2.05) is 35.7 Å². The predicted molar refractivity (Wildman–Crippen MR) is 67.9 cm³/mol. The van der Waals surface area contributed by atoms with Crippen LogP contribution in [-0.4, -0.2) is 6.21 Å². The number of nitriles is 1. The van der Waals surface area contributed by atoms with Crippen LogP contribution in [0, 0.1) is 11.3 Å². The fourth-order valence-electron chi connectivity index (χ4n) is 1.32. The van der Waals surface area contributed by atoms with Gasteiger partial charge in [0.2, 0.25) is 0 Å². The van der Waals surface area contributed by atoms with Gasteiger partial charge in [0.15, 0.2) is 0 Å². The van der Waals surface area contributed by atoms with Gasteiger partial charge in [-0.05, 0) is 17.5 Å². The number of hydrogen-bond donors (Lipinski definition) is 0. The lowest BCUT2D eigenvalue weighted by molar-refractivity contribution is 0.132. The first-order valence-corrected chi connectivity index (χ1v) is 5.95. The van der Waals surface area contributed by atoms with Crippen LogP contribution < -0.4 is 0 Å². The van der Waals surface area contributed by atoms with E-state index in [1.165, 1.54) is 0 Å². The molecule has 4 heteroatoms. The molecule has 0 amide bonds. The minimum atomic E-state index is 0.311. The lowest BCUT2D eigenvalue weighted by Crippen LogP contribution is -1.91. The van der Waals surface area contributed by atoms with E-state index in [1.54, 1.807) is 23.6 Å². The average Bonchev–Trinajstić information content (AvgIpc) is 2.88. The molecule has 2 rings (SSSR count). The summed E-state index contributed by atoms with van der Waals surface area (Å²) in [6.07, 6.45) is 1.67. The number of hydrogen-bond acceptors (Lipinski definition) is 4. The van der Waals surface area contributed by atoms with Gasteiger partial charge in [-0.1, -0.05) is 29.4 Å². The molecule has 0 aliphatic carbocycles. The second kappa shape index (κ2) is 5.83. The largest absolute Gasteiger partial charge is 0.391 e. The topological polar surface area (TPSA) is 45.4 Å². The van der Waals surface area contributed by atoms with Gasteiger partial charge in [0.05, 0.1) is 17.8 Å². The summed E-state index contributed by atoms with van der Waals surface area (Å²) in [5.74, 6) is 0. The molecule has 0 unspecified atom stereocenters. The lowest BCUT2D eigenvalue weighted by Gasteiger charge is -2.01. The van der Waals surface area contributed by atoms with Gasteiger partial charge in [0, 0.05) is 10.4 Å². The first-order valence-electron chi connectivity index (χ1n) is 5.07. The van der Waals surface area contributed by atoms with Gasteiger partial charge in [-0.25, -0.2) is 0 Å². The Morgan fingerprint density at radius 3 is 2.94 bits per heavy atom. The Labute approximate surface area is 104 Å². The van der Waals surface area contributed by atoms with Crippen molar-refractivity contribution < 1.29 is 4.84 Å². The number of oxime groups is 1. The van der Waals surface area contributed by atoms with Crippen LogP contribution in [0.5, 0.6) is 0 Å². The summed E-state index contributed by atoms with van der Waals surface area (Å²) in [4.78, 5) is 6.20. The molecular weight excluding hydrogens is 232 g/mol. The van der Waals surface area contributed by atoms with Gasteiger partial charge >= 0.3 is 0 Å². The Morgan fingerprint density at radius 1 is 1.29 bits per heavy atom. The van der Waals surface area contributed by atoms with Gasteiger partial charge in [-0.2, -0.15) is 5.26 Å². The van der Waals surface area contributed by atoms with E-state index >= 15 is 0 Å². The summed E-state index contributed by atoms with van der Waals surface area (Å²) in [6, 6.07) is 13.4. The highest BCUT2D eigenvalue weighted by Gasteiger charge is 1.99. The van der Waals surface area contributed by atoms with Crippen molar-refractivity contribution in [1.82, 2.24) is 0 Å². The molecule has 3 nitrogen and oxygen atoms in total. The van der Waals surface area contributed by atoms with Crippen molar-refractivity contribution in [3.8, 4) is 6.07 Å². The van der Waals surface area contributed by atoms with Crippen LogP contribution in [0.25, 0.3) is 0 Å². The zero-order valence-corrected chi connectivity index (χ0v) is 9.85. The highest BCUT2D eigenvalue weighted by atomic mass is 32.1. The molecular formula is C13H10N2OS. The molecule has 0 bridgehead atoms. The highest BCUT2D eigenvalue weighted by Crippen LogP contribution is 2.09. The van der Waals surface area contributed by atoms with Crippen molar-refractivity contribution in [3.63, 3.8) is 0 Å². The molecule has 0 aliphatic heterocycles. The Balaban J connectivity index is 1.92. The summed E-state index contributed by atoms with van der Waals surface area (Å²) in [5, 5.41) is 14.7. The molecule has 0 spiro atoms. The molecule has 0 N–H and O–H groups in total. The van der Waals surface area contributed by atoms with Crippen molar-refractivity contribution in [2.75, 3.05) is 0 Å². The maximum Gasteiger partial charge on any atom is 0.143 e. The highest BCUT2D eigenvalue weighted by molar-refractivity contribution is 7.11. The van der Waals surface area contributed by atoms with Crippen LogP contribution in [0.3, 0.4) is 0 Å². The van der Waals surface area contributed by atoms with Crippen molar-refractivity contribution in [2.45, 2.75) is 6.61 Å². The molecule has 1 aromatic carbocycles. The molecule has 0 radical (unpaired) electrons. The maximum atomic E-state index is 8.88. The predicted octanol–water partition coefficient (Wildman–Crippen LogP) is 3.17. The quantitative estimate of drug-likeness (QED) is 0.610. The van der Waals surface area contributed by atoms with E-state index < -0.39 is 0 Å². The van der Waals surface area contributed by atoms with Gasteiger partial charge < -0.3 is 4.84 Å². The fraction of sp³-hybridized carbons (Fsp3) is 0.0769. The molecule has 1 aromatic heterocycles. The summed E-state index contributed by atoms with van der Waals surface area (Å²) in [6.45, 7) is 0.311. The Morgan fingerprint density at radius 2 is 2.18 bits per heavy atom. The molecule has 84 valence electrons. The molecule has 2 aromatic rings. The van der Waals surface area contributed by atoms with Crippen LogP contribution in [0.2, 0.25) is 0 Å². The van der Waals surface area contributed by atoms with Crippen molar-refractivity contribution in [2.24, 2.45) is 5.16 Å². The average molecular weight is 242 g/mol. The van der Waals surface area contributed by atoms with Crippen LogP contribution in [0.1, 0.15) is 16.0 Å². The van der Waals surface area contributed by atoms with E-state index in [0.717, 1.165) is 10.4 Å². The van der Waals surface area contributed by atoms with Crippen LogP contribution in [0.15, 0.2) is 46.9 Å². The summed E-state index contributed by atoms with van der Waals surface area (Å²) < 4.78 is 0. The third-order valence-corrected chi connectivity index (χ3v) is 2.96. The number of benzene rings is 1. The molecule has 0 saturated heterocycles. The summed E-state index contributed by atoms with van der Waals surface area (Å²) in [7, 11) is 0. The zero-order valence-electron chi connectivity index (χ0n) is 9.04. The second-order valence-electron chi connectivity index (χ2n) is 3.29.